The minimum absolute atomic E-state index is 0.0521. The zero-order valence-electron chi connectivity index (χ0n) is 16.2. The Hall–Kier alpha value is -4.52. The predicted octanol–water partition coefficient (Wildman–Crippen LogP) is 5.53. The normalized spacial score (nSPS) is 13.5. The fraction of sp³-hybridized carbons (Fsp3) is 0.0455. The van der Waals surface area contributed by atoms with Gasteiger partial charge in [-0.15, -0.1) is 0 Å². The summed E-state index contributed by atoms with van der Waals surface area (Å²) in [5, 5.41) is 13.6. The maximum atomic E-state index is 14.4. The first-order valence-electron chi connectivity index (χ1n) is 9.07. The lowest BCUT2D eigenvalue weighted by Crippen LogP contribution is -2.20. The molecule has 7 nitrogen and oxygen atoms in total. The van der Waals surface area contributed by atoms with E-state index >= 15 is 0 Å². The van der Waals surface area contributed by atoms with Crippen LogP contribution in [0.5, 0.6) is 17.2 Å². The highest BCUT2D eigenvalue weighted by Gasteiger charge is 2.44. The number of pyridine rings is 1. The number of anilines is 2. The molecule has 2 aromatic carbocycles. The molecule has 0 saturated heterocycles. The molecule has 0 aliphatic carbocycles. The van der Waals surface area contributed by atoms with Gasteiger partial charge in [0.15, 0.2) is 0 Å². The molecule has 1 aliphatic rings. The first-order chi connectivity index (χ1) is 15.2. The molecule has 1 aliphatic heterocycles. The van der Waals surface area contributed by atoms with Crippen LogP contribution < -0.4 is 20.1 Å². The smallest absolute Gasteiger partial charge is 0.426 e. The minimum Gasteiger partial charge on any atom is -0.457 e. The number of benzene rings is 2. The Kier molecular flexibility index (Phi) is 5.16. The van der Waals surface area contributed by atoms with Gasteiger partial charge in [0, 0.05) is 29.6 Å². The van der Waals surface area contributed by atoms with Crippen molar-refractivity contribution in [3.05, 3.63) is 78.4 Å². The maximum Gasteiger partial charge on any atom is 0.426 e. The van der Waals surface area contributed by atoms with E-state index in [0.717, 1.165) is 6.07 Å². The third-order valence-electron chi connectivity index (χ3n) is 4.42. The Bertz CT molecular complexity index is 1290. The lowest BCUT2D eigenvalue weighted by atomic mass is 10.1. The van der Waals surface area contributed by atoms with Crippen molar-refractivity contribution in [1.82, 2.24) is 4.98 Å². The largest absolute Gasteiger partial charge is 0.457 e. The molecule has 0 radical (unpaired) electrons. The lowest BCUT2D eigenvalue weighted by Gasteiger charge is -2.11. The van der Waals surface area contributed by atoms with Gasteiger partial charge in [0.05, 0.1) is 11.3 Å². The minimum atomic E-state index is -3.51. The number of nitrogens with one attached hydrogen (secondary N) is 2. The number of nitriles is 1. The first kappa shape index (κ1) is 20.7. The second-order valence-corrected chi connectivity index (χ2v) is 6.62. The van der Waals surface area contributed by atoms with Crippen molar-refractivity contribution in [3.63, 3.8) is 0 Å². The number of fused-ring (bicyclic) bond motifs is 1. The van der Waals surface area contributed by atoms with Crippen LogP contribution in [-0.4, -0.2) is 17.1 Å². The summed E-state index contributed by atoms with van der Waals surface area (Å²) in [6, 6.07) is 11.7. The summed E-state index contributed by atoms with van der Waals surface area (Å²) < 4.78 is 51.6. The average Bonchev–Trinajstić information content (AvgIpc) is 2.98. The van der Waals surface area contributed by atoms with Crippen LogP contribution in [0.15, 0.2) is 61.3 Å². The molecule has 2 heterocycles. The van der Waals surface area contributed by atoms with Gasteiger partial charge in [-0.2, -0.15) is 14.0 Å². The number of carbonyl (C=O) groups is 1. The molecule has 0 unspecified atom stereocenters. The fourth-order valence-corrected chi connectivity index (χ4v) is 2.91. The number of nitrogens with zero attached hydrogens (tertiary/aromatic N) is 2. The van der Waals surface area contributed by atoms with E-state index in [1.54, 1.807) is 0 Å². The van der Waals surface area contributed by atoms with Crippen LogP contribution in [0.4, 0.5) is 29.3 Å². The summed E-state index contributed by atoms with van der Waals surface area (Å²) in [5.41, 5.74) is -0.258. The van der Waals surface area contributed by atoms with Gasteiger partial charge in [0.25, 0.3) is 0 Å². The zero-order chi connectivity index (χ0) is 22.9. The third kappa shape index (κ3) is 4.17. The summed E-state index contributed by atoms with van der Waals surface area (Å²) in [4.78, 5) is 16.0. The van der Waals surface area contributed by atoms with Crippen molar-refractivity contribution in [2.45, 2.75) is 6.11 Å². The highest BCUT2D eigenvalue weighted by atomic mass is 19.3. The van der Waals surface area contributed by atoms with Crippen LogP contribution in [-0.2, 0) is 0 Å². The molecule has 0 fully saturated rings. The molecule has 0 bridgehead atoms. The zero-order valence-corrected chi connectivity index (χ0v) is 16.2. The molecular weight excluding hydrogens is 425 g/mol. The van der Waals surface area contributed by atoms with Crippen molar-refractivity contribution in [2.24, 2.45) is 0 Å². The van der Waals surface area contributed by atoms with Gasteiger partial charge in [-0.05, 0) is 36.4 Å². The van der Waals surface area contributed by atoms with Crippen molar-refractivity contribution in [1.29, 1.82) is 5.26 Å². The third-order valence-corrected chi connectivity index (χ3v) is 4.42. The highest BCUT2D eigenvalue weighted by molar-refractivity contribution is 6.00. The number of urea groups is 1. The lowest BCUT2D eigenvalue weighted by molar-refractivity contribution is -0.111. The predicted molar refractivity (Wildman–Crippen MR) is 109 cm³/mol. The van der Waals surface area contributed by atoms with Crippen LogP contribution in [0, 0.1) is 17.1 Å². The molecule has 160 valence electrons. The second kappa shape index (κ2) is 7.96. The van der Waals surface area contributed by atoms with E-state index in [2.05, 4.69) is 26.9 Å². The van der Waals surface area contributed by atoms with Gasteiger partial charge in [0.2, 0.25) is 0 Å². The van der Waals surface area contributed by atoms with Gasteiger partial charge in [-0.25, -0.2) is 14.2 Å². The Labute approximate surface area is 179 Å². The van der Waals surface area contributed by atoms with Gasteiger partial charge >= 0.3 is 12.1 Å². The number of halogens is 3. The molecule has 2 amide bonds. The quantitative estimate of drug-likeness (QED) is 0.559. The topological polar surface area (TPSA) is 96.3 Å². The molecule has 0 spiro atoms. The number of aromatic nitrogens is 1. The Morgan fingerprint density at radius 2 is 1.91 bits per heavy atom. The molecule has 3 aromatic rings. The first-order valence-corrected chi connectivity index (χ1v) is 9.07. The van der Waals surface area contributed by atoms with Gasteiger partial charge < -0.3 is 20.1 Å². The summed E-state index contributed by atoms with van der Waals surface area (Å²) >= 11 is 0. The maximum absolute atomic E-state index is 14.4. The Morgan fingerprint density at radius 3 is 2.66 bits per heavy atom. The van der Waals surface area contributed by atoms with Crippen molar-refractivity contribution < 1.29 is 27.4 Å². The van der Waals surface area contributed by atoms with E-state index in [4.69, 9.17) is 10.00 Å². The van der Waals surface area contributed by atoms with Gasteiger partial charge in [0.1, 0.15) is 34.8 Å². The molecule has 2 N–H and O–H groups in total. The molecular formula is C22H13F3N4O3. The Balaban J connectivity index is 1.42. The van der Waals surface area contributed by atoms with E-state index in [1.807, 2.05) is 6.07 Å². The fourth-order valence-electron chi connectivity index (χ4n) is 2.91. The monoisotopic (exact) mass is 438 g/mol. The van der Waals surface area contributed by atoms with E-state index in [0.29, 0.717) is 5.75 Å². The number of rotatable bonds is 4. The number of hydrogen-bond donors (Lipinski definition) is 2. The standard InChI is InChI=1S/C22H13F3N4O3/c1-12-17-9-13(2-5-20(17)32-22(12,24)25)28-21(30)29-19-4-3-15(10-18(19)23)31-16-6-7-27-14(8-16)11-26/h2-10H,1H2,(H2,28,29,30). The Morgan fingerprint density at radius 1 is 1.12 bits per heavy atom. The van der Waals surface area contributed by atoms with Crippen LogP contribution in [0.3, 0.4) is 0 Å². The summed E-state index contributed by atoms with van der Waals surface area (Å²) in [6.45, 7) is 3.31. The average molecular weight is 438 g/mol. The van der Waals surface area contributed by atoms with Gasteiger partial charge in [-0.3, -0.25) is 0 Å². The number of hydrogen-bond acceptors (Lipinski definition) is 5. The molecule has 1 aromatic heterocycles. The molecule has 0 saturated carbocycles. The van der Waals surface area contributed by atoms with Crippen LogP contribution >= 0.6 is 0 Å². The number of alkyl halides is 2. The van der Waals surface area contributed by atoms with Crippen molar-refractivity contribution in [2.75, 3.05) is 10.6 Å². The van der Waals surface area contributed by atoms with Crippen LogP contribution in [0.25, 0.3) is 5.57 Å². The second-order valence-electron chi connectivity index (χ2n) is 6.62. The molecule has 32 heavy (non-hydrogen) atoms. The van der Waals surface area contributed by atoms with Gasteiger partial charge in [-0.1, -0.05) is 6.58 Å². The van der Waals surface area contributed by atoms with Crippen molar-refractivity contribution in [3.8, 4) is 23.3 Å². The summed E-state index contributed by atoms with van der Waals surface area (Å²) in [7, 11) is 0. The summed E-state index contributed by atoms with van der Waals surface area (Å²) in [6.07, 6.45) is -2.13. The number of amides is 2. The highest BCUT2D eigenvalue weighted by Crippen LogP contribution is 2.45. The summed E-state index contributed by atoms with van der Waals surface area (Å²) in [5.74, 6) is -0.393. The van der Waals surface area contributed by atoms with E-state index in [-0.39, 0.29) is 34.1 Å². The van der Waals surface area contributed by atoms with E-state index in [1.165, 1.54) is 48.7 Å². The van der Waals surface area contributed by atoms with Crippen LogP contribution in [0.2, 0.25) is 0 Å². The van der Waals surface area contributed by atoms with E-state index < -0.39 is 23.5 Å². The molecule has 4 rings (SSSR count). The molecule has 0 atom stereocenters. The van der Waals surface area contributed by atoms with Crippen molar-refractivity contribution >= 4 is 23.0 Å². The number of ether oxygens (including phenoxy) is 2. The SMILES string of the molecule is C=C1c2cc(NC(=O)Nc3ccc(Oc4ccnc(C#N)c4)cc3F)ccc2OC1(F)F. The number of carbonyl (C=O) groups excluding carboxylic acids is 1. The molecule has 10 heteroatoms. The van der Waals surface area contributed by atoms with Crippen LogP contribution in [0.1, 0.15) is 11.3 Å². The van der Waals surface area contributed by atoms with E-state index in [9.17, 15) is 18.0 Å².